The monoisotopic (exact) mass is 287 g/mol. The van der Waals surface area contributed by atoms with E-state index >= 15 is 0 Å². The predicted octanol–water partition coefficient (Wildman–Crippen LogP) is 4.01. The van der Waals surface area contributed by atoms with Gasteiger partial charge in [0.25, 0.3) is 0 Å². The van der Waals surface area contributed by atoms with Gasteiger partial charge in [0.15, 0.2) is 0 Å². The van der Waals surface area contributed by atoms with Crippen molar-refractivity contribution in [3.63, 3.8) is 0 Å². The third-order valence-corrected chi connectivity index (χ3v) is 4.19. The molecule has 0 fully saturated rings. The second-order valence-electron chi connectivity index (χ2n) is 5.56. The lowest BCUT2D eigenvalue weighted by Gasteiger charge is -2.30. The Morgan fingerprint density at radius 2 is 2.10 bits per heavy atom. The highest BCUT2D eigenvalue weighted by Gasteiger charge is 2.25. The van der Waals surface area contributed by atoms with Crippen LogP contribution in [0.3, 0.4) is 0 Å². The van der Waals surface area contributed by atoms with Gasteiger partial charge in [-0.25, -0.2) is 9.97 Å². The number of rotatable bonds is 4. The fourth-order valence-corrected chi connectivity index (χ4v) is 3.14. The zero-order chi connectivity index (χ0) is 14.1. The summed E-state index contributed by atoms with van der Waals surface area (Å²) >= 11 is 6.18. The van der Waals surface area contributed by atoms with Crippen LogP contribution in [0.25, 0.3) is 0 Å². The first-order valence-electron chi connectivity index (χ1n) is 6.99. The van der Waals surface area contributed by atoms with Crippen LogP contribution in [0.4, 0.5) is 5.82 Å². The zero-order valence-electron chi connectivity index (χ0n) is 11.7. The number of benzene rings is 1. The van der Waals surface area contributed by atoms with Crippen molar-refractivity contribution < 1.29 is 0 Å². The van der Waals surface area contributed by atoms with Gasteiger partial charge in [-0.15, -0.1) is 0 Å². The number of nitrogens with zero attached hydrogens (tertiary/aromatic N) is 2. The summed E-state index contributed by atoms with van der Waals surface area (Å²) < 4.78 is 0. The van der Waals surface area contributed by atoms with E-state index in [4.69, 9.17) is 11.6 Å². The molecule has 1 N–H and O–H groups in total. The first-order valence-corrected chi connectivity index (χ1v) is 7.36. The number of fused-ring (bicyclic) bond motifs is 1. The molecule has 104 valence electrons. The molecule has 20 heavy (non-hydrogen) atoms. The van der Waals surface area contributed by atoms with E-state index in [2.05, 4.69) is 53.4 Å². The minimum atomic E-state index is 0.305. The van der Waals surface area contributed by atoms with Gasteiger partial charge in [0, 0.05) is 18.0 Å². The topological polar surface area (TPSA) is 37.8 Å². The van der Waals surface area contributed by atoms with Crippen molar-refractivity contribution in [3.8, 4) is 0 Å². The fraction of sp³-hybridized carbons (Fsp3) is 0.375. The third-order valence-electron chi connectivity index (χ3n) is 3.89. The average molecular weight is 288 g/mol. The Kier molecular flexibility index (Phi) is 3.62. The maximum absolute atomic E-state index is 6.18. The number of halogens is 1. The summed E-state index contributed by atoms with van der Waals surface area (Å²) in [5.41, 5.74) is 3.91. The largest absolute Gasteiger partial charge is 0.369 e. The number of anilines is 1. The van der Waals surface area contributed by atoms with Gasteiger partial charge >= 0.3 is 0 Å². The smallest absolute Gasteiger partial charge is 0.138 e. The number of aromatic nitrogens is 2. The first-order chi connectivity index (χ1) is 9.66. The van der Waals surface area contributed by atoms with E-state index in [9.17, 15) is 0 Å². The molecule has 3 rings (SSSR count). The average Bonchev–Trinajstić information content (AvgIpc) is 2.39. The molecule has 1 aliphatic carbocycles. The first kappa shape index (κ1) is 13.4. The molecule has 1 aromatic heterocycles. The standard InChI is InChI=1S/C16H18ClN3/c1-10(2)14-15(17)19-9-20-16(14)18-8-12-7-11-5-3-4-6-13(11)12/h3-6,9-10,12H,7-8H2,1-2H3,(H,18,19,20). The molecule has 1 unspecified atom stereocenters. The van der Waals surface area contributed by atoms with Crippen molar-refractivity contribution >= 4 is 17.4 Å². The molecule has 1 heterocycles. The van der Waals surface area contributed by atoms with Gasteiger partial charge in [-0.1, -0.05) is 49.7 Å². The Balaban J connectivity index is 1.73. The van der Waals surface area contributed by atoms with E-state index in [1.807, 2.05) is 0 Å². The Bertz CT molecular complexity index is 625. The lowest BCUT2D eigenvalue weighted by atomic mass is 9.77. The van der Waals surface area contributed by atoms with Gasteiger partial charge < -0.3 is 5.32 Å². The molecule has 3 nitrogen and oxygen atoms in total. The van der Waals surface area contributed by atoms with E-state index in [0.717, 1.165) is 24.3 Å². The van der Waals surface area contributed by atoms with Crippen molar-refractivity contribution in [2.24, 2.45) is 0 Å². The van der Waals surface area contributed by atoms with Crippen molar-refractivity contribution in [2.45, 2.75) is 32.1 Å². The highest BCUT2D eigenvalue weighted by molar-refractivity contribution is 6.30. The van der Waals surface area contributed by atoms with Crippen molar-refractivity contribution in [1.29, 1.82) is 0 Å². The molecule has 4 heteroatoms. The van der Waals surface area contributed by atoms with Gasteiger partial charge in [0.1, 0.15) is 17.3 Å². The van der Waals surface area contributed by atoms with Gasteiger partial charge in [0.05, 0.1) is 0 Å². The molecule has 0 aliphatic heterocycles. The lowest BCUT2D eigenvalue weighted by molar-refractivity contribution is 0.633. The quantitative estimate of drug-likeness (QED) is 0.864. The third kappa shape index (κ3) is 2.38. The van der Waals surface area contributed by atoms with Gasteiger partial charge in [-0.2, -0.15) is 0 Å². The molecule has 0 amide bonds. The summed E-state index contributed by atoms with van der Waals surface area (Å²) in [5.74, 6) is 1.74. The minimum Gasteiger partial charge on any atom is -0.369 e. The van der Waals surface area contributed by atoms with E-state index < -0.39 is 0 Å². The van der Waals surface area contributed by atoms with Gasteiger partial charge in [-0.05, 0) is 23.5 Å². The van der Waals surface area contributed by atoms with Crippen molar-refractivity contribution in [2.75, 3.05) is 11.9 Å². The predicted molar refractivity (Wildman–Crippen MR) is 82.5 cm³/mol. The van der Waals surface area contributed by atoms with Crippen LogP contribution in [-0.2, 0) is 6.42 Å². The van der Waals surface area contributed by atoms with E-state index in [-0.39, 0.29) is 0 Å². The van der Waals surface area contributed by atoms with Crippen LogP contribution in [0.5, 0.6) is 0 Å². The highest BCUT2D eigenvalue weighted by atomic mass is 35.5. The summed E-state index contributed by atoms with van der Waals surface area (Å²) in [4.78, 5) is 8.41. The van der Waals surface area contributed by atoms with Crippen LogP contribution in [-0.4, -0.2) is 16.5 Å². The summed E-state index contributed by atoms with van der Waals surface area (Å²) in [6, 6.07) is 8.62. The van der Waals surface area contributed by atoms with Crippen LogP contribution in [0.1, 0.15) is 42.4 Å². The van der Waals surface area contributed by atoms with Crippen LogP contribution in [0.15, 0.2) is 30.6 Å². The summed E-state index contributed by atoms with van der Waals surface area (Å²) in [6.07, 6.45) is 2.66. The molecule has 0 spiro atoms. The van der Waals surface area contributed by atoms with E-state index in [1.54, 1.807) is 0 Å². The second-order valence-corrected chi connectivity index (χ2v) is 5.92. The van der Waals surface area contributed by atoms with E-state index in [0.29, 0.717) is 17.0 Å². The number of nitrogens with one attached hydrogen (secondary N) is 1. The summed E-state index contributed by atoms with van der Waals surface area (Å²) in [7, 11) is 0. The maximum Gasteiger partial charge on any atom is 0.138 e. The maximum atomic E-state index is 6.18. The van der Waals surface area contributed by atoms with Crippen molar-refractivity contribution in [1.82, 2.24) is 9.97 Å². The Labute approximate surface area is 124 Å². The molecule has 0 saturated heterocycles. The second kappa shape index (κ2) is 5.41. The molecule has 1 aromatic carbocycles. The molecular formula is C16H18ClN3. The molecular weight excluding hydrogens is 270 g/mol. The van der Waals surface area contributed by atoms with E-state index in [1.165, 1.54) is 17.5 Å². The fourth-order valence-electron chi connectivity index (χ4n) is 2.79. The van der Waals surface area contributed by atoms with Crippen LogP contribution < -0.4 is 5.32 Å². The number of hydrogen-bond acceptors (Lipinski definition) is 3. The number of hydrogen-bond donors (Lipinski definition) is 1. The molecule has 2 aromatic rings. The van der Waals surface area contributed by atoms with Crippen LogP contribution in [0, 0.1) is 0 Å². The minimum absolute atomic E-state index is 0.305. The normalized spacial score (nSPS) is 16.7. The zero-order valence-corrected chi connectivity index (χ0v) is 12.5. The molecule has 1 aliphatic rings. The molecule has 0 radical (unpaired) electrons. The van der Waals surface area contributed by atoms with Gasteiger partial charge in [0.2, 0.25) is 0 Å². The SMILES string of the molecule is CC(C)c1c(Cl)ncnc1NCC1Cc2ccccc21. The Hall–Kier alpha value is -1.61. The molecule has 0 saturated carbocycles. The lowest BCUT2D eigenvalue weighted by Crippen LogP contribution is -2.25. The highest BCUT2D eigenvalue weighted by Crippen LogP contribution is 2.35. The molecule has 1 atom stereocenters. The van der Waals surface area contributed by atoms with Crippen LogP contribution >= 0.6 is 11.6 Å². The summed E-state index contributed by atoms with van der Waals surface area (Å²) in [5, 5.41) is 3.99. The Morgan fingerprint density at radius 3 is 2.85 bits per heavy atom. The Morgan fingerprint density at radius 1 is 1.30 bits per heavy atom. The van der Waals surface area contributed by atoms with Crippen LogP contribution in [0.2, 0.25) is 5.15 Å². The summed E-state index contributed by atoms with van der Waals surface area (Å²) in [6.45, 7) is 5.10. The van der Waals surface area contributed by atoms with Crippen molar-refractivity contribution in [3.05, 3.63) is 52.4 Å². The molecule has 0 bridgehead atoms. The van der Waals surface area contributed by atoms with Gasteiger partial charge in [-0.3, -0.25) is 0 Å².